The molecule has 0 atom stereocenters. The van der Waals surface area contributed by atoms with Gasteiger partial charge in [-0.15, -0.1) is 0 Å². The number of esters is 1. The first-order valence-electron chi connectivity index (χ1n) is 4.50. The third-order valence-electron chi connectivity index (χ3n) is 1.75. The summed E-state index contributed by atoms with van der Waals surface area (Å²) in [5.74, 6) is -1.37. The number of aromatic nitrogens is 2. The standard InChI is InChI=1S/C9H12N2O4/c1-6(12)15-4-2-3-7-5-8(9(13)14)11-10-7/h5H,2-4H2,1H3,(H,10,11)(H,13,14). The van der Waals surface area contributed by atoms with Crippen LogP contribution in [0.3, 0.4) is 0 Å². The van der Waals surface area contributed by atoms with Crippen molar-refractivity contribution in [2.75, 3.05) is 6.61 Å². The van der Waals surface area contributed by atoms with Crippen LogP contribution in [0.15, 0.2) is 6.07 Å². The van der Waals surface area contributed by atoms with Gasteiger partial charge in [0.2, 0.25) is 0 Å². The van der Waals surface area contributed by atoms with E-state index >= 15 is 0 Å². The number of rotatable bonds is 5. The van der Waals surface area contributed by atoms with Crippen LogP contribution in [0.1, 0.15) is 29.5 Å². The highest BCUT2D eigenvalue weighted by Crippen LogP contribution is 2.02. The van der Waals surface area contributed by atoms with Gasteiger partial charge in [0, 0.05) is 12.6 Å². The quantitative estimate of drug-likeness (QED) is 0.550. The van der Waals surface area contributed by atoms with Gasteiger partial charge in [-0.2, -0.15) is 5.10 Å². The van der Waals surface area contributed by atoms with Gasteiger partial charge in [-0.3, -0.25) is 9.89 Å². The van der Waals surface area contributed by atoms with Gasteiger partial charge in [0.05, 0.1) is 6.61 Å². The molecule has 2 N–H and O–H groups in total. The van der Waals surface area contributed by atoms with E-state index in [0.717, 1.165) is 5.69 Å². The van der Waals surface area contributed by atoms with E-state index < -0.39 is 5.97 Å². The molecule has 0 aliphatic rings. The van der Waals surface area contributed by atoms with E-state index in [1.807, 2.05) is 0 Å². The van der Waals surface area contributed by atoms with Gasteiger partial charge in [-0.05, 0) is 18.9 Å². The van der Waals surface area contributed by atoms with Crippen molar-refractivity contribution in [1.29, 1.82) is 0 Å². The van der Waals surface area contributed by atoms with E-state index in [0.29, 0.717) is 19.4 Å². The first kappa shape index (κ1) is 11.2. The Kier molecular flexibility index (Phi) is 3.84. The van der Waals surface area contributed by atoms with Gasteiger partial charge < -0.3 is 9.84 Å². The molecule has 1 heterocycles. The Morgan fingerprint density at radius 1 is 1.60 bits per heavy atom. The lowest BCUT2D eigenvalue weighted by Gasteiger charge is -1.99. The predicted octanol–water partition coefficient (Wildman–Crippen LogP) is 0.604. The van der Waals surface area contributed by atoms with Gasteiger partial charge in [0.1, 0.15) is 0 Å². The summed E-state index contributed by atoms with van der Waals surface area (Å²) in [5.41, 5.74) is 0.719. The number of aryl methyl sites for hydroxylation is 1. The molecule has 0 saturated carbocycles. The second-order valence-corrected chi connectivity index (χ2v) is 3.03. The van der Waals surface area contributed by atoms with Crippen molar-refractivity contribution in [2.24, 2.45) is 0 Å². The summed E-state index contributed by atoms with van der Waals surface area (Å²) in [6, 6.07) is 1.47. The Hall–Kier alpha value is -1.85. The number of carboxylic acid groups (broad SMARTS) is 1. The molecular weight excluding hydrogens is 200 g/mol. The van der Waals surface area contributed by atoms with E-state index in [-0.39, 0.29) is 11.7 Å². The minimum absolute atomic E-state index is 0.00233. The third kappa shape index (κ3) is 3.80. The van der Waals surface area contributed by atoms with Crippen LogP contribution in [-0.4, -0.2) is 33.8 Å². The number of aromatic carboxylic acids is 1. The monoisotopic (exact) mass is 212 g/mol. The number of ether oxygens (including phenoxy) is 1. The molecular formula is C9H12N2O4. The molecule has 0 aliphatic heterocycles. The van der Waals surface area contributed by atoms with Gasteiger partial charge in [0.15, 0.2) is 5.69 Å². The van der Waals surface area contributed by atoms with Crippen LogP contribution in [0.25, 0.3) is 0 Å². The molecule has 0 saturated heterocycles. The summed E-state index contributed by atoms with van der Waals surface area (Å²) in [7, 11) is 0. The molecule has 0 aliphatic carbocycles. The van der Waals surface area contributed by atoms with E-state index in [1.54, 1.807) is 0 Å². The van der Waals surface area contributed by atoms with Crippen molar-refractivity contribution < 1.29 is 19.4 Å². The molecule has 82 valence electrons. The van der Waals surface area contributed by atoms with Crippen LogP contribution in [0, 0.1) is 0 Å². The fourth-order valence-corrected chi connectivity index (χ4v) is 1.08. The van der Waals surface area contributed by atoms with Crippen LogP contribution < -0.4 is 0 Å². The summed E-state index contributed by atoms with van der Waals surface area (Å²) >= 11 is 0. The molecule has 6 nitrogen and oxygen atoms in total. The van der Waals surface area contributed by atoms with Crippen molar-refractivity contribution in [3.05, 3.63) is 17.5 Å². The molecule has 15 heavy (non-hydrogen) atoms. The number of aromatic amines is 1. The fourth-order valence-electron chi connectivity index (χ4n) is 1.08. The zero-order valence-electron chi connectivity index (χ0n) is 8.32. The number of carbonyl (C=O) groups excluding carboxylic acids is 1. The SMILES string of the molecule is CC(=O)OCCCc1cc(C(=O)O)n[nH]1. The highest BCUT2D eigenvalue weighted by atomic mass is 16.5. The molecule has 1 rings (SSSR count). The van der Waals surface area contributed by atoms with Crippen LogP contribution in [0.4, 0.5) is 0 Å². The number of H-pyrrole nitrogens is 1. The lowest BCUT2D eigenvalue weighted by atomic mass is 10.2. The molecule has 6 heteroatoms. The Morgan fingerprint density at radius 2 is 2.33 bits per heavy atom. The highest BCUT2D eigenvalue weighted by molar-refractivity contribution is 5.85. The topological polar surface area (TPSA) is 92.3 Å². The molecule has 1 aromatic heterocycles. The van der Waals surface area contributed by atoms with E-state index in [4.69, 9.17) is 9.84 Å². The molecule has 0 aromatic carbocycles. The van der Waals surface area contributed by atoms with E-state index in [1.165, 1.54) is 13.0 Å². The van der Waals surface area contributed by atoms with Crippen LogP contribution >= 0.6 is 0 Å². The minimum Gasteiger partial charge on any atom is -0.476 e. The lowest BCUT2D eigenvalue weighted by Crippen LogP contribution is -2.01. The Morgan fingerprint density at radius 3 is 2.87 bits per heavy atom. The average Bonchev–Trinajstić information content (AvgIpc) is 2.60. The Bertz CT molecular complexity index is 359. The molecule has 0 spiro atoms. The maximum Gasteiger partial charge on any atom is 0.356 e. The number of carbonyl (C=O) groups is 2. The molecule has 0 amide bonds. The molecule has 0 fully saturated rings. The predicted molar refractivity (Wildman–Crippen MR) is 50.5 cm³/mol. The largest absolute Gasteiger partial charge is 0.476 e. The number of nitrogens with zero attached hydrogens (tertiary/aromatic N) is 1. The normalized spacial score (nSPS) is 9.93. The first-order valence-corrected chi connectivity index (χ1v) is 4.50. The third-order valence-corrected chi connectivity index (χ3v) is 1.75. The van der Waals surface area contributed by atoms with Crippen molar-refractivity contribution >= 4 is 11.9 Å². The van der Waals surface area contributed by atoms with E-state index in [2.05, 4.69) is 10.2 Å². The molecule has 0 radical (unpaired) electrons. The summed E-state index contributed by atoms with van der Waals surface area (Å²) in [4.78, 5) is 20.9. The van der Waals surface area contributed by atoms with Crippen LogP contribution in [0.5, 0.6) is 0 Å². The maximum atomic E-state index is 10.5. The molecule has 0 bridgehead atoms. The smallest absolute Gasteiger partial charge is 0.356 e. The summed E-state index contributed by atoms with van der Waals surface area (Å²) in [6.45, 7) is 1.68. The number of hydrogen-bond donors (Lipinski definition) is 2. The van der Waals surface area contributed by atoms with Gasteiger partial charge in [-0.25, -0.2) is 4.79 Å². The number of hydrogen-bond acceptors (Lipinski definition) is 4. The van der Waals surface area contributed by atoms with Crippen molar-refractivity contribution in [3.63, 3.8) is 0 Å². The maximum absolute atomic E-state index is 10.5. The minimum atomic E-state index is -1.06. The summed E-state index contributed by atoms with van der Waals surface area (Å²) in [5, 5.41) is 14.8. The van der Waals surface area contributed by atoms with Crippen molar-refractivity contribution in [3.8, 4) is 0 Å². The van der Waals surface area contributed by atoms with Crippen molar-refractivity contribution in [2.45, 2.75) is 19.8 Å². The van der Waals surface area contributed by atoms with Crippen molar-refractivity contribution in [1.82, 2.24) is 10.2 Å². The Balaban J connectivity index is 2.31. The first-order chi connectivity index (χ1) is 7.09. The van der Waals surface area contributed by atoms with Crippen LogP contribution in [-0.2, 0) is 16.0 Å². The lowest BCUT2D eigenvalue weighted by molar-refractivity contribution is -0.141. The highest BCUT2D eigenvalue weighted by Gasteiger charge is 2.07. The molecule has 1 aromatic rings. The number of carboxylic acids is 1. The fraction of sp³-hybridized carbons (Fsp3) is 0.444. The summed E-state index contributed by atoms with van der Waals surface area (Å²) < 4.78 is 4.73. The van der Waals surface area contributed by atoms with Crippen LogP contribution in [0.2, 0.25) is 0 Å². The van der Waals surface area contributed by atoms with E-state index in [9.17, 15) is 9.59 Å². The summed E-state index contributed by atoms with van der Waals surface area (Å²) in [6.07, 6.45) is 1.24. The zero-order chi connectivity index (χ0) is 11.3. The number of nitrogens with one attached hydrogen (secondary N) is 1. The molecule has 0 unspecified atom stereocenters. The average molecular weight is 212 g/mol. The van der Waals surface area contributed by atoms with Gasteiger partial charge in [-0.1, -0.05) is 0 Å². The van der Waals surface area contributed by atoms with Gasteiger partial charge in [0.25, 0.3) is 0 Å². The zero-order valence-corrected chi connectivity index (χ0v) is 8.32. The second-order valence-electron chi connectivity index (χ2n) is 3.03. The Labute approximate surface area is 86.2 Å². The second kappa shape index (κ2) is 5.14. The van der Waals surface area contributed by atoms with Gasteiger partial charge >= 0.3 is 11.9 Å².